The second kappa shape index (κ2) is 9.33. The number of para-hydroxylation sites is 2. The summed E-state index contributed by atoms with van der Waals surface area (Å²) in [4.78, 5) is 13.8. The number of nitrogens with zero attached hydrogens (tertiary/aromatic N) is 2. The summed E-state index contributed by atoms with van der Waals surface area (Å²) in [6, 6.07) is 12.6. The number of aromatic nitrogens is 1. The van der Waals surface area contributed by atoms with Crippen LogP contribution in [-0.4, -0.2) is 65.0 Å². The average Bonchev–Trinajstić information content (AvgIpc) is 3.43. The van der Waals surface area contributed by atoms with Crippen LogP contribution in [0.2, 0.25) is 0 Å². The molecule has 156 valence electrons. The van der Waals surface area contributed by atoms with Crippen molar-refractivity contribution >= 4 is 6.03 Å². The van der Waals surface area contributed by atoms with Crippen LogP contribution in [0.4, 0.5) is 4.79 Å². The molecule has 7 heteroatoms. The van der Waals surface area contributed by atoms with Crippen LogP contribution in [-0.2, 0) is 0 Å². The molecule has 1 unspecified atom stereocenters. The van der Waals surface area contributed by atoms with Crippen LogP contribution in [0.1, 0.15) is 25.7 Å². The van der Waals surface area contributed by atoms with Gasteiger partial charge in [-0.2, -0.15) is 0 Å². The molecule has 1 aliphatic carbocycles. The quantitative estimate of drug-likeness (QED) is 0.637. The summed E-state index contributed by atoms with van der Waals surface area (Å²) in [5.41, 5.74) is 0.960. The van der Waals surface area contributed by atoms with Gasteiger partial charge in [0.2, 0.25) is 0 Å². The zero-order valence-corrected chi connectivity index (χ0v) is 16.7. The van der Waals surface area contributed by atoms with Crippen molar-refractivity contribution in [2.24, 2.45) is 0 Å². The predicted molar refractivity (Wildman–Crippen MR) is 111 cm³/mol. The van der Waals surface area contributed by atoms with Gasteiger partial charge in [-0.3, -0.25) is 0 Å². The van der Waals surface area contributed by atoms with Crippen molar-refractivity contribution in [3.63, 3.8) is 0 Å². The summed E-state index contributed by atoms with van der Waals surface area (Å²) in [5, 5.41) is 16.7. The van der Waals surface area contributed by atoms with Crippen molar-refractivity contribution in [3.8, 4) is 11.4 Å². The molecule has 3 N–H and O–H groups in total. The highest BCUT2D eigenvalue weighted by molar-refractivity contribution is 5.76. The fourth-order valence-electron chi connectivity index (χ4n) is 4.26. The molecule has 7 nitrogen and oxygen atoms in total. The van der Waals surface area contributed by atoms with Crippen LogP contribution < -0.4 is 15.4 Å². The van der Waals surface area contributed by atoms with E-state index in [4.69, 9.17) is 4.74 Å². The van der Waals surface area contributed by atoms with Gasteiger partial charge in [-0.05, 0) is 49.9 Å². The third-order valence-electron chi connectivity index (χ3n) is 5.85. The van der Waals surface area contributed by atoms with Crippen LogP contribution in [0.15, 0.2) is 48.8 Å². The largest absolute Gasteiger partial charge is 0.489 e. The van der Waals surface area contributed by atoms with E-state index >= 15 is 0 Å². The number of rotatable bonds is 8. The second-order valence-electron chi connectivity index (χ2n) is 7.86. The third-order valence-corrected chi connectivity index (χ3v) is 5.85. The Morgan fingerprint density at radius 2 is 1.90 bits per heavy atom. The molecule has 2 aromatic rings. The number of carbonyl (C=O) groups excluding carboxylic acids is 1. The van der Waals surface area contributed by atoms with Crippen LogP contribution in [0.25, 0.3) is 5.69 Å². The van der Waals surface area contributed by atoms with Gasteiger partial charge in [0.25, 0.3) is 0 Å². The zero-order valence-electron chi connectivity index (χ0n) is 16.7. The topological polar surface area (TPSA) is 78.8 Å². The zero-order chi connectivity index (χ0) is 20.1. The van der Waals surface area contributed by atoms with E-state index in [0.29, 0.717) is 18.6 Å². The number of ether oxygens (including phenoxy) is 1. The number of nitrogens with one attached hydrogen (secondary N) is 2. The summed E-state index contributed by atoms with van der Waals surface area (Å²) < 4.78 is 7.90. The van der Waals surface area contributed by atoms with E-state index < -0.39 is 6.10 Å². The summed E-state index contributed by atoms with van der Waals surface area (Å²) in [6.45, 7) is 2.33. The molecule has 1 aromatic heterocycles. The number of aliphatic hydroxyl groups is 1. The van der Waals surface area contributed by atoms with E-state index in [-0.39, 0.29) is 12.6 Å². The van der Waals surface area contributed by atoms with Crippen molar-refractivity contribution in [1.82, 2.24) is 20.1 Å². The number of aliphatic hydroxyl groups excluding tert-OH is 1. The van der Waals surface area contributed by atoms with Gasteiger partial charge >= 0.3 is 6.03 Å². The monoisotopic (exact) mass is 398 g/mol. The SMILES string of the molecule is O=C1NCCN1C1CCC(NCC(O)COc2ccccc2-n2cccc2)CC1. The summed E-state index contributed by atoms with van der Waals surface area (Å²) in [5.74, 6) is 0.757. The van der Waals surface area contributed by atoms with E-state index in [2.05, 4.69) is 10.6 Å². The fourth-order valence-corrected chi connectivity index (χ4v) is 4.26. The Hall–Kier alpha value is -2.51. The maximum Gasteiger partial charge on any atom is 0.317 e. The summed E-state index contributed by atoms with van der Waals surface area (Å²) >= 11 is 0. The lowest BCUT2D eigenvalue weighted by Crippen LogP contribution is -2.45. The minimum atomic E-state index is -0.574. The number of urea groups is 1. The number of amides is 2. The average molecular weight is 399 g/mol. The van der Waals surface area contributed by atoms with Gasteiger partial charge < -0.3 is 29.9 Å². The van der Waals surface area contributed by atoms with Gasteiger partial charge in [0, 0.05) is 44.1 Å². The van der Waals surface area contributed by atoms with Gasteiger partial charge in [-0.15, -0.1) is 0 Å². The van der Waals surface area contributed by atoms with E-state index in [0.717, 1.165) is 50.2 Å². The summed E-state index contributed by atoms with van der Waals surface area (Å²) in [6.07, 6.45) is 7.46. The molecular weight excluding hydrogens is 368 g/mol. The van der Waals surface area contributed by atoms with Crippen molar-refractivity contribution in [3.05, 3.63) is 48.8 Å². The lowest BCUT2D eigenvalue weighted by atomic mass is 9.90. The van der Waals surface area contributed by atoms with Crippen LogP contribution in [0.5, 0.6) is 5.75 Å². The molecule has 2 fully saturated rings. The third kappa shape index (κ3) is 4.92. The second-order valence-corrected chi connectivity index (χ2v) is 7.86. The van der Waals surface area contributed by atoms with Crippen LogP contribution >= 0.6 is 0 Å². The Kier molecular flexibility index (Phi) is 6.36. The van der Waals surface area contributed by atoms with Gasteiger partial charge in [0.1, 0.15) is 18.5 Å². The Bertz CT molecular complexity index is 787. The number of hydrogen-bond donors (Lipinski definition) is 3. The first-order valence-corrected chi connectivity index (χ1v) is 10.5. The van der Waals surface area contributed by atoms with Gasteiger partial charge in [-0.1, -0.05) is 12.1 Å². The molecule has 2 amide bonds. The number of hydrogen-bond acceptors (Lipinski definition) is 4. The molecule has 2 aliphatic rings. The molecule has 1 aromatic carbocycles. The van der Waals surface area contributed by atoms with E-state index in [1.165, 1.54) is 0 Å². The fraction of sp³-hybridized carbons (Fsp3) is 0.500. The highest BCUT2D eigenvalue weighted by Gasteiger charge is 2.31. The lowest BCUT2D eigenvalue weighted by Gasteiger charge is -2.34. The predicted octanol–water partition coefficient (Wildman–Crippen LogP) is 2.14. The maximum absolute atomic E-state index is 11.8. The van der Waals surface area contributed by atoms with Crippen LogP contribution in [0, 0.1) is 0 Å². The molecule has 1 saturated heterocycles. The highest BCUT2D eigenvalue weighted by Crippen LogP contribution is 2.25. The van der Waals surface area contributed by atoms with Gasteiger partial charge in [-0.25, -0.2) is 4.79 Å². The first-order valence-electron chi connectivity index (χ1n) is 10.5. The molecule has 0 radical (unpaired) electrons. The Morgan fingerprint density at radius 3 is 2.62 bits per heavy atom. The maximum atomic E-state index is 11.8. The molecule has 0 bridgehead atoms. The molecule has 4 rings (SSSR count). The Balaban J connectivity index is 1.20. The van der Waals surface area contributed by atoms with Crippen molar-refractivity contribution < 1.29 is 14.6 Å². The molecular formula is C22H30N4O3. The van der Waals surface area contributed by atoms with E-state index in [1.807, 2.05) is 58.3 Å². The first-order chi connectivity index (χ1) is 14.2. The highest BCUT2D eigenvalue weighted by atomic mass is 16.5. The van der Waals surface area contributed by atoms with Crippen molar-refractivity contribution in [2.45, 2.75) is 43.9 Å². The normalized spacial score (nSPS) is 23.1. The van der Waals surface area contributed by atoms with Gasteiger partial charge in [0.05, 0.1) is 5.69 Å². The van der Waals surface area contributed by atoms with Crippen LogP contribution in [0.3, 0.4) is 0 Å². The van der Waals surface area contributed by atoms with E-state index in [9.17, 15) is 9.90 Å². The number of carbonyl (C=O) groups is 1. The molecule has 29 heavy (non-hydrogen) atoms. The molecule has 1 aliphatic heterocycles. The molecule has 1 saturated carbocycles. The number of benzene rings is 1. The molecule has 0 spiro atoms. The molecule has 1 atom stereocenters. The van der Waals surface area contributed by atoms with Crippen molar-refractivity contribution in [2.75, 3.05) is 26.2 Å². The molecule has 2 heterocycles. The minimum absolute atomic E-state index is 0.0779. The van der Waals surface area contributed by atoms with Crippen molar-refractivity contribution in [1.29, 1.82) is 0 Å². The lowest BCUT2D eigenvalue weighted by molar-refractivity contribution is 0.0993. The standard InChI is InChI=1S/C22H30N4O3/c27-19(16-29-21-6-2-1-5-20(21)25-12-3-4-13-25)15-24-17-7-9-18(10-8-17)26-14-11-23-22(26)28/h1-6,12-13,17-19,24,27H,7-11,14-16H2,(H,23,28). The van der Waals surface area contributed by atoms with Gasteiger partial charge in [0.15, 0.2) is 0 Å². The minimum Gasteiger partial charge on any atom is -0.489 e. The first kappa shape index (κ1) is 19.8. The van der Waals surface area contributed by atoms with E-state index in [1.54, 1.807) is 0 Å². The Labute approximate surface area is 171 Å². The smallest absolute Gasteiger partial charge is 0.317 e. The summed E-state index contributed by atoms with van der Waals surface area (Å²) in [7, 11) is 0. The Morgan fingerprint density at radius 1 is 1.14 bits per heavy atom.